The zero-order valence-electron chi connectivity index (χ0n) is 9.70. The van der Waals surface area contributed by atoms with Gasteiger partial charge >= 0.3 is 6.18 Å². The molecule has 1 aromatic carbocycles. The number of nitrogens with one attached hydrogen (secondary N) is 1. The van der Waals surface area contributed by atoms with Crippen molar-refractivity contribution in [1.82, 2.24) is 9.55 Å². The van der Waals surface area contributed by atoms with E-state index < -0.39 is 11.7 Å². The van der Waals surface area contributed by atoms with Gasteiger partial charge in [-0.05, 0) is 17.7 Å². The van der Waals surface area contributed by atoms with Gasteiger partial charge in [0.25, 0.3) is 0 Å². The molecule has 0 amide bonds. The molecule has 0 spiro atoms. The lowest BCUT2D eigenvalue weighted by Gasteiger charge is -2.10. The molecule has 0 atom stereocenters. The third-order valence-electron chi connectivity index (χ3n) is 2.53. The summed E-state index contributed by atoms with van der Waals surface area (Å²) in [5.41, 5.74) is -0.0746. The molecule has 3 nitrogen and oxygen atoms in total. The van der Waals surface area contributed by atoms with Crippen LogP contribution in [0.5, 0.6) is 0 Å². The molecule has 0 aliphatic rings. The highest BCUT2D eigenvalue weighted by molar-refractivity contribution is 5.31. The smallest absolute Gasteiger partial charge is 0.352 e. The number of benzene rings is 1. The first-order valence-corrected chi connectivity index (χ1v) is 5.34. The van der Waals surface area contributed by atoms with Crippen LogP contribution < -0.4 is 5.32 Å². The minimum Gasteiger partial charge on any atom is -0.352 e. The topological polar surface area (TPSA) is 29.9 Å². The molecule has 2 rings (SSSR count). The number of nitrogens with zero attached hydrogens (tertiary/aromatic N) is 2. The van der Waals surface area contributed by atoms with Crippen molar-refractivity contribution >= 4 is 5.95 Å². The minimum atomic E-state index is -4.31. The van der Waals surface area contributed by atoms with Crippen LogP contribution in [-0.2, 0) is 19.8 Å². The highest BCUT2D eigenvalue weighted by atomic mass is 19.4. The normalized spacial score (nSPS) is 11.6. The molecular formula is C12H12F3N3. The maximum absolute atomic E-state index is 12.5. The molecule has 0 fully saturated rings. The van der Waals surface area contributed by atoms with E-state index in [1.165, 1.54) is 6.07 Å². The molecule has 2 aromatic rings. The lowest BCUT2D eigenvalue weighted by atomic mass is 10.1. The van der Waals surface area contributed by atoms with E-state index in [1.807, 2.05) is 7.05 Å². The second-order valence-electron chi connectivity index (χ2n) is 3.91. The van der Waals surface area contributed by atoms with E-state index in [1.54, 1.807) is 23.0 Å². The van der Waals surface area contributed by atoms with Gasteiger partial charge < -0.3 is 9.88 Å². The fourth-order valence-electron chi connectivity index (χ4n) is 1.57. The molecule has 18 heavy (non-hydrogen) atoms. The van der Waals surface area contributed by atoms with Crippen LogP contribution in [0.3, 0.4) is 0 Å². The summed E-state index contributed by atoms with van der Waals surface area (Å²) in [6.45, 7) is 0.300. The average molecular weight is 255 g/mol. The summed E-state index contributed by atoms with van der Waals surface area (Å²) in [7, 11) is 1.81. The summed E-state index contributed by atoms with van der Waals surface area (Å²) in [4.78, 5) is 4.03. The average Bonchev–Trinajstić information content (AvgIpc) is 2.72. The third kappa shape index (κ3) is 2.82. The van der Waals surface area contributed by atoms with Crippen LogP contribution in [0.15, 0.2) is 36.7 Å². The molecule has 6 heteroatoms. The van der Waals surface area contributed by atoms with Gasteiger partial charge in [0.2, 0.25) is 5.95 Å². The Bertz CT molecular complexity index is 531. The maximum Gasteiger partial charge on any atom is 0.416 e. The predicted octanol–water partition coefficient (Wildman–Crippen LogP) is 3.05. The van der Waals surface area contributed by atoms with Gasteiger partial charge in [0.1, 0.15) is 0 Å². The zero-order valence-corrected chi connectivity index (χ0v) is 9.70. The summed E-state index contributed by atoms with van der Waals surface area (Å²) in [5.74, 6) is 0.618. The molecule has 0 saturated heterocycles. The fourth-order valence-corrected chi connectivity index (χ4v) is 1.57. The Kier molecular flexibility index (Phi) is 3.27. The summed E-state index contributed by atoms with van der Waals surface area (Å²) in [6.07, 6.45) is -0.928. The Labute approximate surface area is 102 Å². The molecule has 1 N–H and O–H groups in total. The van der Waals surface area contributed by atoms with Crippen LogP contribution in [0.2, 0.25) is 0 Å². The number of hydrogen-bond acceptors (Lipinski definition) is 2. The van der Waals surface area contributed by atoms with Gasteiger partial charge in [0, 0.05) is 26.0 Å². The molecule has 0 unspecified atom stereocenters. The molecule has 0 saturated carbocycles. The van der Waals surface area contributed by atoms with Gasteiger partial charge in [0.05, 0.1) is 5.56 Å². The van der Waals surface area contributed by atoms with Crippen molar-refractivity contribution in [2.75, 3.05) is 5.32 Å². The van der Waals surface area contributed by atoms with Crippen molar-refractivity contribution in [2.24, 2.45) is 7.05 Å². The first-order chi connectivity index (χ1) is 8.47. The summed E-state index contributed by atoms with van der Waals surface area (Å²) < 4.78 is 39.3. The number of anilines is 1. The third-order valence-corrected chi connectivity index (χ3v) is 2.53. The highest BCUT2D eigenvalue weighted by Crippen LogP contribution is 2.29. The number of rotatable bonds is 3. The van der Waals surface area contributed by atoms with E-state index >= 15 is 0 Å². The standard InChI is InChI=1S/C12H12F3N3/c1-18-6-5-16-11(18)17-8-9-3-2-4-10(7-9)12(13,14)15/h2-7H,8H2,1H3,(H,16,17). The van der Waals surface area contributed by atoms with E-state index in [-0.39, 0.29) is 0 Å². The zero-order chi connectivity index (χ0) is 13.2. The SMILES string of the molecule is Cn1ccnc1NCc1cccc(C(F)(F)F)c1. The van der Waals surface area contributed by atoms with Crippen molar-refractivity contribution in [1.29, 1.82) is 0 Å². The molecule has 1 heterocycles. The molecule has 0 bridgehead atoms. The summed E-state index contributed by atoms with van der Waals surface area (Å²) in [6, 6.07) is 5.24. The van der Waals surface area contributed by atoms with Crippen molar-refractivity contribution in [3.8, 4) is 0 Å². The molecular weight excluding hydrogens is 243 g/mol. The Balaban J connectivity index is 2.09. The van der Waals surface area contributed by atoms with Crippen LogP contribution in [0.1, 0.15) is 11.1 Å². The van der Waals surface area contributed by atoms with Gasteiger partial charge in [-0.2, -0.15) is 13.2 Å². The number of imidazole rings is 1. The Morgan fingerprint density at radius 1 is 1.33 bits per heavy atom. The second kappa shape index (κ2) is 4.72. The van der Waals surface area contributed by atoms with E-state index in [4.69, 9.17) is 0 Å². The lowest BCUT2D eigenvalue weighted by Crippen LogP contribution is -2.08. The molecule has 1 aromatic heterocycles. The molecule has 0 aliphatic heterocycles. The highest BCUT2D eigenvalue weighted by Gasteiger charge is 2.30. The first kappa shape index (κ1) is 12.5. The monoisotopic (exact) mass is 255 g/mol. The van der Waals surface area contributed by atoms with Gasteiger partial charge in [-0.1, -0.05) is 12.1 Å². The number of hydrogen-bond donors (Lipinski definition) is 1. The van der Waals surface area contributed by atoms with E-state index in [0.29, 0.717) is 18.1 Å². The van der Waals surface area contributed by atoms with Crippen LogP contribution >= 0.6 is 0 Å². The van der Waals surface area contributed by atoms with Crippen molar-refractivity contribution < 1.29 is 13.2 Å². The largest absolute Gasteiger partial charge is 0.416 e. The fraction of sp³-hybridized carbons (Fsp3) is 0.250. The van der Waals surface area contributed by atoms with Crippen molar-refractivity contribution in [2.45, 2.75) is 12.7 Å². The van der Waals surface area contributed by atoms with Crippen molar-refractivity contribution in [3.63, 3.8) is 0 Å². The van der Waals surface area contributed by atoms with Crippen LogP contribution in [0.25, 0.3) is 0 Å². The Morgan fingerprint density at radius 2 is 2.11 bits per heavy atom. The maximum atomic E-state index is 12.5. The van der Waals surface area contributed by atoms with Gasteiger partial charge in [-0.25, -0.2) is 4.98 Å². The quantitative estimate of drug-likeness (QED) is 0.913. The van der Waals surface area contributed by atoms with Crippen LogP contribution in [0.4, 0.5) is 19.1 Å². The summed E-state index contributed by atoms with van der Waals surface area (Å²) >= 11 is 0. The van der Waals surface area contributed by atoms with E-state index in [0.717, 1.165) is 12.1 Å². The number of halogens is 3. The predicted molar refractivity (Wildman–Crippen MR) is 62.0 cm³/mol. The second-order valence-corrected chi connectivity index (χ2v) is 3.91. The molecule has 0 radical (unpaired) electrons. The summed E-state index contributed by atoms with van der Waals surface area (Å²) in [5, 5.41) is 2.97. The lowest BCUT2D eigenvalue weighted by molar-refractivity contribution is -0.137. The molecule has 0 aliphatic carbocycles. The molecule has 96 valence electrons. The van der Waals surface area contributed by atoms with Gasteiger partial charge in [-0.15, -0.1) is 0 Å². The first-order valence-electron chi connectivity index (χ1n) is 5.34. The van der Waals surface area contributed by atoms with Crippen molar-refractivity contribution in [3.05, 3.63) is 47.8 Å². The number of alkyl halides is 3. The van der Waals surface area contributed by atoms with Crippen LogP contribution in [-0.4, -0.2) is 9.55 Å². The Morgan fingerprint density at radius 3 is 2.72 bits per heavy atom. The van der Waals surface area contributed by atoms with E-state index in [9.17, 15) is 13.2 Å². The van der Waals surface area contributed by atoms with Gasteiger partial charge in [0.15, 0.2) is 0 Å². The van der Waals surface area contributed by atoms with Crippen LogP contribution in [0, 0.1) is 0 Å². The number of aryl methyl sites for hydroxylation is 1. The minimum absolute atomic E-state index is 0.300. The van der Waals surface area contributed by atoms with E-state index in [2.05, 4.69) is 10.3 Å². The number of aromatic nitrogens is 2. The Hall–Kier alpha value is -1.98. The van der Waals surface area contributed by atoms with Gasteiger partial charge in [-0.3, -0.25) is 0 Å².